The van der Waals surface area contributed by atoms with Crippen molar-refractivity contribution in [2.24, 2.45) is 7.05 Å². The predicted octanol–water partition coefficient (Wildman–Crippen LogP) is 0.872. The van der Waals surface area contributed by atoms with E-state index in [0.717, 1.165) is 37.0 Å². The van der Waals surface area contributed by atoms with Crippen LogP contribution in [0, 0.1) is 0 Å². The van der Waals surface area contributed by atoms with E-state index in [1.807, 2.05) is 19.2 Å². The molecule has 1 aliphatic rings. The van der Waals surface area contributed by atoms with Gasteiger partial charge in [-0.2, -0.15) is 0 Å². The first-order valence-electron chi connectivity index (χ1n) is 6.55. The molecule has 0 atom stereocenters. The normalized spacial score (nSPS) is 15.8. The minimum atomic E-state index is -0.0283. The fourth-order valence-corrected chi connectivity index (χ4v) is 2.42. The van der Waals surface area contributed by atoms with Gasteiger partial charge in [-0.05, 0) is 44.1 Å². The SMILES string of the molecule is Cl.Cn1nnc2cc(C(=O)NC3CCNCC3)ccc21. The molecule has 7 heteroatoms. The van der Waals surface area contributed by atoms with Crippen LogP contribution < -0.4 is 10.6 Å². The highest BCUT2D eigenvalue weighted by Crippen LogP contribution is 2.13. The van der Waals surface area contributed by atoms with Gasteiger partial charge in [-0.15, -0.1) is 17.5 Å². The zero-order valence-corrected chi connectivity index (χ0v) is 12.1. The van der Waals surface area contributed by atoms with Crippen LogP contribution in [-0.4, -0.2) is 40.0 Å². The van der Waals surface area contributed by atoms with Crippen molar-refractivity contribution in [3.63, 3.8) is 0 Å². The zero-order valence-electron chi connectivity index (χ0n) is 11.3. The minimum Gasteiger partial charge on any atom is -0.349 e. The van der Waals surface area contributed by atoms with E-state index in [1.54, 1.807) is 10.7 Å². The average molecular weight is 296 g/mol. The molecule has 20 heavy (non-hydrogen) atoms. The molecule has 1 aliphatic heterocycles. The van der Waals surface area contributed by atoms with Crippen molar-refractivity contribution in [1.82, 2.24) is 25.6 Å². The molecule has 1 amide bonds. The first-order valence-corrected chi connectivity index (χ1v) is 6.55. The maximum Gasteiger partial charge on any atom is 0.251 e. The first-order chi connectivity index (χ1) is 9.24. The Hall–Kier alpha value is -1.66. The van der Waals surface area contributed by atoms with Gasteiger partial charge >= 0.3 is 0 Å². The summed E-state index contributed by atoms with van der Waals surface area (Å²) in [6.45, 7) is 1.93. The zero-order chi connectivity index (χ0) is 13.2. The molecule has 2 heterocycles. The maximum absolute atomic E-state index is 12.2. The van der Waals surface area contributed by atoms with Crippen molar-refractivity contribution in [2.45, 2.75) is 18.9 Å². The second-order valence-electron chi connectivity index (χ2n) is 4.91. The van der Waals surface area contributed by atoms with Gasteiger partial charge in [0.2, 0.25) is 0 Å². The maximum atomic E-state index is 12.2. The van der Waals surface area contributed by atoms with E-state index in [0.29, 0.717) is 5.56 Å². The summed E-state index contributed by atoms with van der Waals surface area (Å²) in [5.74, 6) is -0.0283. The van der Waals surface area contributed by atoms with E-state index in [9.17, 15) is 4.79 Å². The lowest BCUT2D eigenvalue weighted by atomic mass is 10.1. The second kappa shape index (κ2) is 6.19. The Bertz CT molecular complexity index is 606. The Kier molecular flexibility index (Phi) is 4.57. The van der Waals surface area contributed by atoms with Crippen molar-refractivity contribution >= 4 is 29.3 Å². The third kappa shape index (κ3) is 2.91. The number of hydrogen-bond acceptors (Lipinski definition) is 4. The van der Waals surface area contributed by atoms with Gasteiger partial charge in [0, 0.05) is 18.7 Å². The Balaban J connectivity index is 0.00000147. The number of rotatable bonds is 2. The molecular formula is C13H18ClN5O. The van der Waals surface area contributed by atoms with Crippen LogP contribution >= 0.6 is 12.4 Å². The van der Waals surface area contributed by atoms with Crippen LogP contribution in [0.3, 0.4) is 0 Å². The van der Waals surface area contributed by atoms with Gasteiger partial charge in [-0.3, -0.25) is 4.79 Å². The number of benzene rings is 1. The van der Waals surface area contributed by atoms with Crippen molar-refractivity contribution in [2.75, 3.05) is 13.1 Å². The van der Waals surface area contributed by atoms with Crippen LogP contribution in [0.25, 0.3) is 11.0 Å². The predicted molar refractivity (Wildman–Crippen MR) is 79.1 cm³/mol. The summed E-state index contributed by atoms with van der Waals surface area (Å²) >= 11 is 0. The summed E-state index contributed by atoms with van der Waals surface area (Å²) in [7, 11) is 1.84. The van der Waals surface area contributed by atoms with Gasteiger partial charge in [0.15, 0.2) is 0 Å². The third-order valence-electron chi connectivity index (χ3n) is 3.55. The van der Waals surface area contributed by atoms with Gasteiger partial charge in [-0.25, -0.2) is 4.68 Å². The van der Waals surface area contributed by atoms with Crippen LogP contribution in [0.15, 0.2) is 18.2 Å². The lowest BCUT2D eigenvalue weighted by Gasteiger charge is -2.23. The monoisotopic (exact) mass is 295 g/mol. The topological polar surface area (TPSA) is 71.8 Å². The summed E-state index contributed by atoms with van der Waals surface area (Å²) in [5, 5.41) is 14.3. The Morgan fingerprint density at radius 1 is 1.40 bits per heavy atom. The number of aryl methyl sites for hydroxylation is 1. The number of amides is 1. The van der Waals surface area contributed by atoms with Gasteiger partial charge in [0.1, 0.15) is 5.52 Å². The van der Waals surface area contributed by atoms with E-state index >= 15 is 0 Å². The number of carbonyl (C=O) groups excluding carboxylic acids is 1. The minimum absolute atomic E-state index is 0. The number of carbonyl (C=O) groups is 1. The van der Waals surface area contributed by atoms with Crippen LogP contribution in [0.4, 0.5) is 0 Å². The van der Waals surface area contributed by atoms with Crippen molar-refractivity contribution in [1.29, 1.82) is 0 Å². The summed E-state index contributed by atoms with van der Waals surface area (Å²) < 4.78 is 1.70. The van der Waals surface area contributed by atoms with E-state index in [1.165, 1.54) is 0 Å². The second-order valence-corrected chi connectivity index (χ2v) is 4.91. The Labute approximate surface area is 123 Å². The van der Waals surface area contributed by atoms with Crippen LogP contribution in [-0.2, 0) is 7.05 Å². The van der Waals surface area contributed by atoms with E-state index in [4.69, 9.17) is 0 Å². The number of piperidine rings is 1. The molecule has 108 valence electrons. The largest absolute Gasteiger partial charge is 0.349 e. The molecule has 2 aromatic rings. The quantitative estimate of drug-likeness (QED) is 0.862. The first kappa shape index (κ1) is 14.7. The number of aromatic nitrogens is 3. The summed E-state index contributed by atoms with van der Waals surface area (Å²) in [4.78, 5) is 12.2. The molecule has 1 aromatic carbocycles. The fourth-order valence-electron chi connectivity index (χ4n) is 2.42. The molecular weight excluding hydrogens is 278 g/mol. The standard InChI is InChI=1S/C13H17N5O.ClH/c1-18-12-3-2-9(8-11(12)16-17-18)13(19)15-10-4-6-14-7-5-10;/h2-3,8,10,14H,4-7H2,1H3,(H,15,19);1H. The molecule has 0 aliphatic carbocycles. The van der Waals surface area contributed by atoms with Gasteiger partial charge < -0.3 is 10.6 Å². The highest BCUT2D eigenvalue weighted by Gasteiger charge is 2.16. The number of nitrogens with one attached hydrogen (secondary N) is 2. The lowest BCUT2D eigenvalue weighted by Crippen LogP contribution is -2.42. The highest BCUT2D eigenvalue weighted by atomic mass is 35.5. The van der Waals surface area contributed by atoms with Gasteiger partial charge in [-0.1, -0.05) is 5.21 Å². The highest BCUT2D eigenvalue weighted by molar-refractivity contribution is 5.97. The molecule has 0 radical (unpaired) electrons. The van der Waals surface area contributed by atoms with Crippen molar-refractivity contribution < 1.29 is 4.79 Å². The molecule has 1 fully saturated rings. The summed E-state index contributed by atoms with van der Waals surface area (Å²) in [6.07, 6.45) is 1.97. The molecule has 0 unspecified atom stereocenters. The molecule has 0 spiro atoms. The van der Waals surface area contributed by atoms with Gasteiger partial charge in [0.05, 0.1) is 5.52 Å². The number of fused-ring (bicyclic) bond motifs is 1. The van der Waals surface area contributed by atoms with Crippen LogP contribution in [0.2, 0.25) is 0 Å². The Morgan fingerprint density at radius 3 is 2.90 bits per heavy atom. The molecule has 0 saturated carbocycles. The molecule has 1 aromatic heterocycles. The van der Waals surface area contributed by atoms with Gasteiger partial charge in [0.25, 0.3) is 5.91 Å². The molecule has 0 bridgehead atoms. The number of halogens is 1. The van der Waals surface area contributed by atoms with E-state index in [2.05, 4.69) is 20.9 Å². The van der Waals surface area contributed by atoms with Crippen molar-refractivity contribution in [3.8, 4) is 0 Å². The Morgan fingerprint density at radius 2 is 2.15 bits per heavy atom. The summed E-state index contributed by atoms with van der Waals surface area (Å²) in [5.41, 5.74) is 2.32. The van der Waals surface area contributed by atoms with Crippen molar-refractivity contribution in [3.05, 3.63) is 23.8 Å². The average Bonchev–Trinajstić information content (AvgIpc) is 2.81. The van der Waals surface area contributed by atoms with E-state index in [-0.39, 0.29) is 24.4 Å². The molecule has 1 saturated heterocycles. The smallest absolute Gasteiger partial charge is 0.251 e. The molecule has 2 N–H and O–H groups in total. The summed E-state index contributed by atoms with van der Waals surface area (Å²) in [6, 6.07) is 5.76. The lowest BCUT2D eigenvalue weighted by molar-refractivity contribution is 0.0929. The third-order valence-corrected chi connectivity index (χ3v) is 3.55. The molecule has 3 rings (SSSR count). The van der Waals surface area contributed by atoms with Crippen LogP contribution in [0.5, 0.6) is 0 Å². The number of hydrogen-bond donors (Lipinski definition) is 2. The van der Waals surface area contributed by atoms with Crippen LogP contribution in [0.1, 0.15) is 23.2 Å². The van der Waals surface area contributed by atoms with E-state index < -0.39 is 0 Å². The fraction of sp³-hybridized carbons (Fsp3) is 0.462. The molecule has 6 nitrogen and oxygen atoms in total. The number of nitrogens with zero attached hydrogens (tertiary/aromatic N) is 3.